The van der Waals surface area contributed by atoms with Gasteiger partial charge in [-0.2, -0.15) is 0 Å². The van der Waals surface area contributed by atoms with E-state index in [4.69, 9.17) is 0 Å². The summed E-state index contributed by atoms with van der Waals surface area (Å²) in [7, 11) is 0. The molecule has 4 heteroatoms. The second-order valence-corrected chi connectivity index (χ2v) is 5.85. The molecule has 1 nitrogen and oxygen atoms in total. The highest BCUT2D eigenvalue weighted by Crippen LogP contribution is 2.29. The van der Waals surface area contributed by atoms with Gasteiger partial charge in [-0.25, -0.2) is 4.39 Å². The first-order chi connectivity index (χ1) is 8.49. The van der Waals surface area contributed by atoms with Crippen molar-refractivity contribution < 1.29 is 9.50 Å². The van der Waals surface area contributed by atoms with Gasteiger partial charge in [-0.3, -0.25) is 0 Å². The first-order valence-corrected chi connectivity index (χ1v) is 6.96. The van der Waals surface area contributed by atoms with Gasteiger partial charge in [0, 0.05) is 14.5 Å². The smallest absolute Gasteiger partial charge is 0.129 e. The largest absolute Gasteiger partial charge is 0.384 e. The first-order valence-electron chi connectivity index (χ1n) is 5.38. The van der Waals surface area contributed by atoms with Crippen molar-refractivity contribution in [2.75, 3.05) is 0 Å². The van der Waals surface area contributed by atoms with E-state index in [2.05, 4.69) is 31.9 Å². The summed E-state index contributed by atoms with van der Waals surface area (Å²) < 4.78 is 15.4. The van der Waals surface area contributed by atoms with Gasteiger partial charge in [-0.05, 0) is 42.3 Å². The molecule has 0 amide bonds. The highest BCUT2D eigenvalue weighted by atomic mass is 79.9. The Hall–Kier alpha value is -0.710. The second kappa shape index (κ2) is 5.51. The van der Waals surface area contributed by atoms with E-state index in [0.717, 1.165) is 14.5 Å². The molecule has 2 aromatic carbocycles. The number of aliphatic hydroxyl groups excluding tert-OH is 1. The Bertz CT molecular complexity index is 584. The molecule has 1 N–H and O–H groups in total. The van der Waals surface area contributed by atoms with Gasteiger partial charge < -0.3 is 5.11 Å². The zero-order valence-electron chi connectivity index (χ0n) is 9.62. The molecule has 0 aliphatic heterocycles. The fourth-order valence-electron chi connectivity index (χ4n) is 1.74. The van der Waals surface area contributed by atoms with Crippen LogP contribution >= 0.6 is 31.9 Å². The van der Waals surface area contributed by atoms with E-state index in [0.29, 0.717) is 5.56 Å². The minimum atomic E-state index is -0.964. The van der Waals surface area contributed by atoms with Crippen LogP contribution in [0.5, 0.6) is 0 Å². The fourth-order valence-corrected chi connectivity index (χ4v) is 2.37. The van der Waals surface area contributed by atoms with Gasteiger partial charge in [-0.1, -0.05) is 44.0 Å². The van der Waals surface area contributed by atoms with E-state index >= 15 is 0 Å². The van der Waals surface area contributed by atoms with Gasteiger partial charge in [0.2, 0.25) is 0 Å². The van der Waals surface area contributed by atoms with Crippen LogP contribution in [0.2, 0.25) is 0 Å². The van der Waals surface area contributed by atoms with Crippen LogP contribution in [0.4, 0.5) is 4.39 Å². The minimum Gasteiger partial charge on any atom is -0.384 e. The summed E-state index contributed by atoms with van der Waals surface area (Å²) in [6.07, 6.45) is -0.964. The molecule has 0 aliphatic carbocycles. The summed E-state index contributed by atoms with van der Waals surface area (Å²) >= 11 is 6.68. The van der Waals surface area contributed by atoms with Crippen LogP contribution in [0.1, 0.15) is 22.8 Å². The summed E-state index contributed by atoms with van der Waals surface area (Å²) in [4.78, 5) is 0. The van der Waals surface area contributed by atoms with Crippen molar-refractivity contribution >= 4 is 31.9 Å². The lowest BCUT2D eigenvalue weighted by atomic mass is 10.00. The number of aryl methyl sites for hydroxylation is 1. The van der Waals surface area contributed by atoms with Crippen LogP contribution in [0.15, 0.2) is 45.3 Å². The molecular formula is C14H11Br2FO. The van der Waals surface area contributed by atoms with Crippen molar-refractivity contribution in [1.82, 2.24) is 0 Å². The highest BCUT2D eigenvalue weighted by Gasteiger charge is 2.16. The molecule has 1 atom stereocenters. The van der Waals surface area contributed by atoms with Crippen LogP contribution < -0.4 is 0 Å². The summed E-state index contributed by atoms with van der Waals surface area (Å²) in [5, 5.41) is 10.2. The Morgan fingerprint density at radius 2 is 1.83 bits per heavy atom. The molecule has 0 fully saturated rings. The van der Waals surface area contributed by atoms with E-state index in [1.807, 2.05) is 19.1 Å². The third-order valence-electron chi connectivity index (χ3n) is 2.75. The predicted molar refractivity (Wildman–Crippen MR) is 77.0 cm³/mol. The van der Waals surface area contributed by atoms with E-state index in [-0.39, 0.29) is 5.56 Å². The third-order valence-corrected chi connectivity index (χ3v) is 4.13. The Labute approximate surface area is 122 Å². The van der Waals surface area contributed by atoms with E-state index in [9.17, 15) is 9.50 Å². The predicted octanol–water partition coefficient (Wildman–Crippen LogP) is 4.74. The Kier molecular flexibility index (Phi) is 4.20. The zero-order chi connectivity index (χ0) is 13.3. The molecule has 0 saturated heterocycles. The van der Waals surface area contributed by atoms with Crippen molar-refractivity contribution in [2.24, 2.45) is 0 Å². The molecule has 18 heavy (non-hydrogen) atoms. The van der Waals surface area contributed by atoms with Gasteiger partial charge >= 0.3 is 0 Å². The number of halogens is 3. The molecular weight excluding hydrogens is 363 g/mol. The highest BCUT2D eigenvalue weighted by molar-refractivity contribution is 9.10. The van der Waals surface area contributed by atoms with E-state index in [1.165, 1.54) is 6.07 Å². The van der Waals surface area contributed by atoms with E-state index in [1.54, 1.807) is 18.2 Å². The Morgan fingerprint density at radius 1 is 1.11 bits per heavy atom. The maximum Gasteiger partial charge on any atom is 0.129 e. The van der Waals surface area contributed by atoms with Gasteiger partial charge in [0.15, 0.2) is 0 Å². The number of benzene rings is 2. The number of hydrogen-bond donors (Lipinski definition) is 1. The van der Waals surface area contributed by atoms with Crippen molar-refractivity contribution in [2.45, 2.75) is 13.0 Å². The number of rotatable bonds is 2. The zero-order valence-corrected chi connectivity index (χ0v) is 12.8. The quantitative estimate of drug-likeness (QED) is 0.805. The molecule has 0 aromatic heterocycles. The Morgan fingerprint density at radius 3 is 2.50 bits per heavy atom. The number of hydrogen-bond acceptors (Lipinski definition) is 1. The van der Waals surface area contributed by atoms with Crippen molar-refractivity contribution in [3.63, 3.8) is 0 Å². The molecule has 0 radical (unpaired) electrons. The molecule has 94 valence electrons. The average Bonchev–Trinajstić information content (AvgIpc) is 2.35. The lowest BCUT2D eigenvalue weighted by molar-refractivity contribution is 0.215. The molecule has 0 saturated carbocycles. The maximum absolute atomic E-state index is 13.7. The molecule has 0 aliphatic rings. The van der Waals surface area contributed by atoms with Crippen LogP contribution in [0.3, 0.4) is 0 Å². The van der Waals surface area contributed by atoms with Crippen LogP contribution in [-0.4, -0.2) is 5.11 Å². The monoisotopic (exact) mass is 372 g/mol. The summed E-state index contributed by atoms with van der Waals surface area (Å²) in [5.74, 6) is -0.411. The van der Waals surface area contributed by atoms with Gasteiger partial charge in [0.05, 0.1) is 0 Å². The SMILES string of the molecule is Cc1cc(C(O)c2cc(Br)ccc2F)ccc1Br. The average molecular weight is 374 g/mol. The molecule has 2 aromatic rings. The second-order valence-electron chi connectivity index (χ2n) is 4.08. The molecule has 0 spiro atoms. The minimum absolute atomic E-state index is 0.270. The maximum atomic E-state index is 13.7. The van der Waals surface area contributed by atoms with E-state index < -0.39 is 11.9 Å². The van der Waals surface area contributed by atoms with Crippen molar-refractivity contribution in [3.05, 3.63) is 67.9 Å². The van der Waals surface area contributed by atoms with Gasteiger partial charge in [-0.15, -0.1) is 0 Å². The van der Waals surface area contributed by atoms with Crippen LogP contribution in [0.25, 0.3) is 0 Å². The molecule has 2 rings (SSSR count). The third kappa shape index (κ3) is 2.82. The first kappa shape index (κ1) is 13.7. The van der Waals surface area contributed by atoms with Crippen molar-refractivity contribution in [3.8, 4) is 0 Å². The summed E-state index contributed by atoms with van der Waals surface area (Å²) in [6.45, 7) is 1.93. The topological polar surface area (TPSA) is 20.2 Å². The van der Waals surface area contributed by atoms with Gasteiger partial charge in [0.25, 0.3) is 0 Å². The standard InChI is InChI=1S/C14H11Br2FO/c1-8-6-9(2-4-12(8)16)14(18)11-7-10(15)3-5-13(11)17/h2-7,14,18H,1H3. The fraction of sp³-hybridized carbons (Fsp3) is 0.143. The van der Waals surface area contributed by atoms with Crippen molar-refractivity contribution in [1.29, 1.82) is 0 Å². The summed E-state index contributed by atoms with van der Waals surface area (Å²) in [5.41, 5.74) is 1.95. The Balaban J connectivity index is 2.44. The lowest BCUT2D eigenvalue weighted by Crippen LogP contribution is -2.03. The summed E-state index contributed by atoms with van der Waals surface area (Å²) in [6, 6.07) is 10.0. The molecule has 1 unspecified atom stereocenters. The van der Waals surface area contributed by atoms with Gasteiger partial charge in [0.1, 0.15) is 11.9 Å². The molecule has 0 heterocycles. The normalized spacial score (nSPS) is 12.5. The van der Waals surface area contributed by atoms with Crippen LogP contribution in [0, 0.1) is 12.7 Å². The number of aliphatic hydroxyl groups is 1. The lowest BCUT2D eigenvalue weighted by Gasteiger charge is -2.14. The van der Waals surface area contributed by atoms with Crippen LogP contribution in [-0.2, 0) is 0 Å². The molecule has 0 bridgehead atoms.